The molecule has 12 aromatic carbocycles. The molecule has 0 spiro atoms. The van der Waals surface area contributed by atoms with Crippen molar-refractivity contribution in [1.82, 2.24) is 22.8 Å². The van der Waals surface area contributed by atoms with E-state index < -0.39 is 9.84 Å². The van der Waals surface area contributed by atoms with Gasteiger partial charge in [-0.2, -0.15) is 5.26 Å². The van der Waals surface area contributed by atoms with Crippen LogP contribution in [0, 0.1) is 11.3 Å². The molecule has 82 heavy (non-hydrogen) atoms. The number of hydrogen-bond acceptors (Lipinski definition) is 3. The minimum absolute atomic E-state index is 0.132. The lowest BCUT2D eigenvalue weighted by molar-refractivity contribution is 0.596. The summed E-state index contributed by atoms with van der Waals surface area (Å²) in [5, 5.41) is 20.9. The maximum Gasteiger partial charge on any atom is 0.206 e. The van der Waals surface area contributed by atoms with Gasteiger partial charge >= 0.3 is 0 Å². The van der Waals surface area contributed by atoms with Crippen LogP contribution in [-0.4, -0.2) is 31.3 Å². The molecule has 0 fully saturated rings. The van der Waals surface area contributed by atoms with E-state index in [2.05, 4.69) is 247 Å². The average molecular weight is 1070 g/mol. The Labute approximate surface area is 469 Å². The zero-order valence-corrected chi connectivity index (χ0v) is 44.6. The van der Waals surface area contributed by atoms with Gasteiger partial charge in [-0.25, -0.2) is 8.42 Å². The molecule has 0 aliphatic rings. The number of hydrogen-bond donors (Lipinski definition) is 0. The van der Waals surface area contributed by atoms with Crippen LogP contribution in [0.15, 0.2) is 277 Å². The maximum absolute atomic E-state index is 14.2. The minimum atomic E-state index is -3.91. The predicted octanol–water partition coefficient (Wildman–Crippen LogP) is 17.9. The normalized spacial score (nSPS) is 12.2. The number of fused-ring (bicyclic) bond motifs is 18. The van der Waals surface area contributed by atoms with Gasteiger partial charge in [0, 0.05) is 82.3 Å². The Kier molecular flexibility index (Phi) is 9.71. The topological polar surface area (TPSA) is 82.6 Å². The Morgan fingerprint density at radius 3 is 0.756 bits per heavy atom. The first-order valence-corrected chi connectivity index (χ1v) is 28.9. The Morgan fingerprint density at radius 2 is 0.476 bits per heavy atom. The first kappa shape index (κ1) is 46.0. The molecule has 0 saturated heterocycles. The second-order valence-electron chi connectivity index (χ2n) is 21.1. The number of sulfone groups is 1. The summed E-state index contributed by atoms with van der Waals surface area (Å²) in [6, 6.07) is 94.1. The molecule has 384 valence electrons. The molecule has 5 aromatic heterocycles. The monoisotopic (exact) mass is 1070 g/mol. The molecular formula is C73H44N6O2S. The van der Waals surface area contributed by atoms with Crippen molar-refractivity contribution in [3.05, 3.63) is 272 Å². The van der Waals surface area contributed by atoms with Crippen LogP contribution in [0.5, 0.6) is 0 Å². The molecule has 8 nitrogen and oxygen atoms in total. The number of nitriles is 1. The highest BCUT2D eigenvalue weighted by Gasteiger charge is 2.30. The van der Waals surface area contributed by atoms with Crippen LogP contribution < -0.4 is 0 Å². The molecule has 0 atom stereocenters. The van der Waals surface area contributed by atoms with Crippen LogP contribution in [0.25, 0.3) is 137 Å². The summed E-state index contributed by atoms with van der Waals surface area (Å²) >= 11 is 0. The highest BCUT2D eigenvalue weighted by molar-refractivity contribution is 7.91. The van der Waals surface area contributed by atoms with E-state index in [1.54, 1.807) is 24.3 Å². The molecule has 0 bridgehead atoms. The zero-order chi connectivity index (χ0) is 54.4. The van der Waals surface area contributed by atoms with Gasteiger partial charge in [-0.3, -0.25) is 0 Å². The van der Waals surface area contributed by atoms with Gasteiger partial charge in [0.25, 0.3) is 0 Å². The van der Waals surface area contributed by atoms with E-state index in [9.17, 15) is 13.7 Å². The van der Waals surface area contributed by atoms with Crippen LogP contribution in [0.3, 0.4) is 0 Å². The molecule has 0 saturated carbocycles. The molecular weight excluding hydrogens is 1020 g/mol. The Hall–Kier alpha value is -10.9. The molecule has 0 N–H and O–H groups in total. The number of aromatic nitrogens is 5. The van der Waals surface area contributed by atoms with Crippen molar-refractivity contribution in [2.24, 2.45) is 0 Å². The highest BCUT2D eigenvalue weighted by atomic mass is 32.2. The zero-order valence-electron chi connectivity index (χ0n) is 43.8. The van der Waals surface area contributed by atoms with E-state index in [0.717, 1.165) is 116 Å². The largest absolute Gasteiger partial charge is 0.309 e. The van der Waals surface area contributed by atoms with Crippen molar-refractivity contribution in [2.75, 3.05) is 0 Å². The smallest absolute Gasteiger partial charge is 0.206 e. The highest BCUT2D eigenvalue weighted by Crippen LogP contribution is 2.51. The van der Waals surface area contributed by atoms with Gasteiger partial charge in [-0.1, -0.05) is 127 Å². The van der Waals surface area contributed by atoms with Gasteiger partial charge in [0.1, 0.15) is 0 Å². The second-order valence-corrected chi connectivity index (χ2v) is 23.1. The van der Waals surface area contributed by atoms with Crippen molar-refractivity contribution < 1.29 is 8.42 Å². The van der Waals surface area contributed by atoms with E-state index in [0.29, 0.717) is 5.56 Å². The molecule has 0 aliphatic carbocycles. The lowest BCUT2D eigenvalue weighted by Gasteiger charge is -2.15. The predicted molar refractivity (Wildman–Crippen MR) is 335 cm³/mol. The van der Waals surface area contributed by atoms with Crippen molar-refractivity contribution >= 4 is 119 Å². The lowest BCUT2D eigenvalue weighted by atomic mass is 10.0. The summed E-state index contributed by atoms with van der Waals surface area (Å²) in [5.41, 5.74) is 16.3. The summed E-state index contributed by atoms with van der Waals surface area (Å²) < 4.78 is 40.4. The van der Waals surface area contributed by atoms with E-state index in [4.69, 9.17) is 0 Å². The Morgan fingerprint density at radius 1 is 0.256 bits per heavy atom. The molecule has 9 heteroatoms. The fourth-order valence-corrected chi connectivity index (χ4v) is 14.7. The third-order valence-electron chi connectivity index (χ3n) is 16.9. The summed E-state index contributed by atoms with van der Waals surface area (Å²) in [6.45, 7) is 0. The summed E-state index contributed by atoms with van der Waals surface area (Å²) in [7, 11) is -3.91. The third-order valence-corrected chi connectivity index (χ3v) is 18.7. The number of rotatable bonds is 7. The SMILES string of the molecule is N#Cc1ccc(S(=O)(=O)c2ccc(-n3c4ccccc4c4c5c(c6ccccc6n5-c5ccc(-n6c7ccccc7c7ccccc76)cc5)c5c(c6ccccc6n5-c5ccc(-n6c7ccccc7c7ccccc76)cc5)c43)cc2)cc1. The molecule has 0 radical (unpaired) electrons. The standard InChI is InChI=1S/C73H44N6O2S/c74-45-46-29-41-52(42-30-46)82(80,81)53-43-39-51(40-44-53)79-67-28-14-7-21-60(67)70-72-68(58-19-5-12-26-65(58)77(72)49-35-31-47(32-36-49)75-61-22-8-1-15-54(61)55-16-2-9-23-62(55)75)71-69(73(70)79)59-20-6-13-27-66(59)78(71)50-37-33-48(34-38-50)76-63-24-10-3-17-56(63)57-18-4-11-25-64(57)76/h1-44H. The Balaban J connectivity index is 0.975. The second kappa shape index (κ2) is 17.3. The van der Waals surface area contributed by atoms with Crippen LogP contribution >= 0.6 is 0 Å². The summed E-state index contributed by atoms with van der Waals surface area (Å²) in [6.07, 6.45) is 0. The van der Waals surface area contributed by atoms with Gasteiger partial charge in [0.05, 0.1) is 76.6 Å². The lowest BCUT2D eigenvalue weighted by Crippen LogP contribution is -2.03. The van der Waals surface area contributed by atoms with Gasteiger partial charge in [0.15, 0.2) is 0 Å². The van der Waals surface area contributed by atoms with Crippen molar-refractivity contribution in [3.8, 4) is 34.5 Å². The van der Waals surface area contributed by atoms with Gasteiger partial charge < -0.3 is 22.8 Å². The molecule has 17 rings (SSSR count). The molecule has 0 amide bonds. The van der Waals surface area contributed by atoms with Crippen LogP contribution in [0.2, 0.25) is 0 Å². The van der Waals surface area contributed by atoms with Crippen LogP contribution in [0.1, 0.15) is 5.56 Å². The maximum atomic E-state index is 14.2. The average Bonchev–Trinajstić information content (AvgIpc) is 2.38. The van der Waals surface area contributed by atoms with E-state index >= 15 is 0 Å². The molecule has 17 aromatic rings. The summed E-state index contributed by atoms with van der Waals surface area (Å²) in [4.78, 5) is 0.298. The van der Waals surface area contributed by atoms with Crippen LogP contribution in [0.4, 0.5) is 0 Å². The first-order valence-electron chi connectivity index (χ1n) is 27.4. The number of nitrogens with zero attached hydrogens (tertiary/aromatic N) is 6. The van der Waals surface area contributed by atoms with Crippen molar-refractivity contribution in [2.45, 2.75) is 9.79 Å². The third kappa shape index (κ3) is 6.38. The quantitative estimate of drug-likeness (QED) is 0.159. The van der Waals surface area contributed by atoms with Gasteiger partial charge in [-0.05, 0) is 140 Å². The van der Waals surface area contributed by atoms with E-state index in [1.165, 1.54) is 33.7 Å². The fraction of sp³-hybridized carbons (Fsp3) is 0. The van der Waals surface area contributed by atoms with Crippen molar-refractivity contribution in [1.29, 1.82) is 5.26 Å². The summed E-state index contributed by atoms with van der Waals surface area (Å²) in [5.74, 6) is 0. The van der Waals surface area contributed by atoms with Gasteiger partial charge in [0.2, 0.25) is 9.84 Å². The van der Waals surface area contributed by atoms with E-state index in [1.807, 2.05) is 12.1 Å². The minimum Gasteiger partial charge on any atom is -0.309 e. The van der Waals surface area contributed by atoms with Crippen LogP contribution in [-0.2, 0) is 9.84 Å². The van der Waals surface area contributed by atoms with E-state index in [-0.39, 0.29) is 9.79 Å². The number of benzene rings is 12. The Bertz CT molecular complexity index is 5400. The molecule has 5 heterocycles. The molecule has 0 unspecified atom stereocenters. The fourth-order valence-electron chi connectivity index (χ4n) is 13.5. The first-order chi connectivity index (χ1) is 40.4. The molecule has 0 aliphatic heterocycles. The van der Waals surface area contributed by atoms with Gasteiger partial charge in [-0.15, -0.1) is 0 Å². The number of para-hydroxylation sites is 7. The van der Waals surface area contributed by atoms with Crippen molar-refractivity contribution in [3.63, 3.8) is 0 Å².